The summed E-state index contributed by atoms with van der Waals surface area (Å²) in [6.45, 7) is 0.554. The van der Waals surface area contributed by atoms with E-state index in [1.807, 2.05) is 18.2 Å². The number of esters is 1. The van der Waals surface area contributed by atoms with Gasteiger partial charge >= 0.3 is 5.97 Å². The first-order valence-corrected chi connectivity index (χ1v) is 6.95. The SMILES string of the molecule is COC(=O)c1cccc(C(=O)N(C)CCc2ccccn2)c1. The number of hydrogen-bond donors (Lipinski definition) is 0. The van der Waals surface area contributed by atoms with Gasteiger partial charge in [-0.3, -0.25) is 9.78 Å². The van der Waals surface area contributed by atoms with Crippen molar-refractivity contribution in [2.75, 3.05) is 20.7 Å². The quantitative estimate of drug-likeness (QED) is 0.794. The molecule has 5 nitrogen and oxygen atoms in total. The molecule has 0 bridgehead atoms. The van der Waals surface area contributed by atoms with Gasteiger partial charge < -0.3 is 9.64 Å². The number of methoxy groups -OCH3 is 1. The molecule has 5 heteroatoms. The van der Waals surface area contributed by atoms with Crippen molar-refractivity contribution in [3.63, 3.8) is 0 Å². The van der Waals surface area contributed by atoms with Gasteiger partial charge in [0, 0.05) is 37.5 Å². The molecule has 2 aromatic rings. The molecule has 0 unspecified atom stereocenters. The summed E-state index contributed by atoms with van der Waals surface area (Å²) in [6, 6.07) is 12.2. The highest BCUT2D eigenvalue weighted by Gasteiger charge is 2.14. The van der Waals surface area contributed by atoms with E-state index in [1.165, 1.54) is 7.11 Å². The number of aromatic nitrogens is 1. The molecule has 0 N–H and O–H groups in total. The molecular formula is C17H18N2O3. The van der Waals surface area contributed by atoms with E-state index in [0.29, 0.717) is 24.1 Å². The molecule has 114 valence electrons. The summed E-state index contributed by atoms with van der Waals surface area (Å²) >= 11 is 0. The zero-order valence-electron chi connectivity index (χ0n) is 12.7. The van der Waals surface area contributed by atoms with Crippen LogP contribution in [0.25, 0.3) is 0 Å². The number of likely N-dealkylation sites (N-methyl/N-ethyl adjacent to an activating group) is 1. The molecule has 0 atom stereocenters. The zero-order chi connectivity index (χ0) is 15.9. The Morgan fingerprint density at radius 3 is 2.59 bits per heavy atom. The van der Waals surface area contributed by atoms with E-state index < -0.39 is 5.97 Å². The van der Waals surface area contributed by atoms with E-state index in [2.05, 4.69) is 9.72 Å². The second-order valence-corrected chi connectivity index (χ2v) is 4.87. The number of nitrogens with zero attached hydrogens (tertiary/aromatic N) is 2. The maximum Gasteiger partial charge on any atom is 0.337 e. The molecule has 1 amide bonds. The van der Waals surface area contributed by atoms with E-state index in [1.54, 1.807) is 42.4 Å². The summed E-state index contributed by atoms with van der Waals surface area (Å²) in [7, 11) is 3.05. The van der Waals surface area contributed by atoms with Crippen molar-refractivity contribution in [2.24, 2.45) is 0 Å². The van der Waals surface area contributed by atoms with Gasteiger partial charge in [-0.05, 0) is 30.3 Å². The van der Waals surface area contributed by atoms with Crippen LogP contribution in [0.2, 0.25) is 0 Å². The van der Waals surface area contributed by atoms with Crippen LogP contribution in [0, 0.1) is 0 Å². The van der Waals surface area contributed by atoms with Gasteiger partial charge in [0.25, 0.3) is 5.91 Å². The molecule has 0 aliphatic heterocycles. The van der Waals surface area contributed by atoms with Crippen molar-refractivity contribution in [1.82, 2.24) is 9.88 Å². The lowest BCUT2D eigenvalue weighted by molar-refractivity contribution is 0.0600. The molecule has 2 rings (SSSR count). The van der Waals surface area contributed by atoms with Crippen molar-refractivity contribution < 1.29 is 14.3 Å². The Morgan fingerprint density at radius 1 is 1.14 bits per heavy atom. The lowest BCUT2D eigenvalue weighted by atomic mass is 10.1. The number of pyridine rings is 1. The van der Waals surface area contributed by atoms with Crippen LogP contribution in [0.1, 0.15) is 26.4 Å². The number of benzene rings is 1. The van der Waals surface area contributed by atoms with Gasteiger partial charge in [0.15, 0.2) is 0 Å². The maximum absolute atomic E-state index is 12.4. The zero-order valence-corrected chi connectivity index (χ0v) is 12.7. The van der Waals surface area contributed by atoms with Crippen LogP contribution in [0.15, 0.2) is 48.7 Å². The monoisotopic (exact) mass is 298 g/mol. The highest BCUT2D eigenvalue weighted by Crippen LogP contribution is 2.09. The smallest absolute Gasteiger partial charge is 0.337 e. The van der Waals surface area contributed by atoms with Crippen LogP contribution < -0.4 is 0 Å². The number of ether oxygens (including phenoxy) is 1. The predicted octanol–water partition coefficient (Wildman–Crippen LogP) is 2.18. The molecule has 0 aliphatic carbocycles. The molecule has 0 aliphatic rings. The van der Waals surface area contributed by atoms with Gasteiger partial charge in [0.05, 0.1) is 12.7 Å². The number of amides is 1. The van der Waals surface area contributed by atoms with E-state index in [-0.39, 0.29) is 5.91 Å². The van der Waals surface area contributed by atoms with E-state index >= 15 is 0 Å². The fourth-order valence-electron chi connectivity index (χ4n) is 2.05. The Kier molecular flexibility index (Phi) is 5.25. The van der Waals surface area contributed by atoms with Gasteiger partial charge in [-0.1, -0.05) is 12.1 Å². The van der Waals surface area contributed by atoms with Crippen LogP contribution in [0.4, 0.5) is 0 Å². The lowest BCUT2D eigenvalue weighted by Gasteiger charge is -2.17. The van der Waals surface area contributed by atoms with Crippen molar-refractivity contribution in [3.8, 4) is 0 Å². The summed E-state index contributed by atoms with van der Waals surface area (Å²) in [5.74, 6) is -0.590. The van der Waals surface area contributed by atoms with Crippen molar-refractivity contribution in [2.45, 2.75) is 6.42 Å². The third kappa shape index (κ3) is 3.91. The van der Waals surface area contributed by atoms with Gasteiger partial charge in [-0.2, -0.15) is 0 Å². The lowest BCUT2D eigenvalue weighted by Crippen LogP contribution is -2.29. The maximum atomic E-state index is 12.4. The van der Waals surface area contributed by atoms with Crippen LogP contribution in [0.3, 0.4) is 0 Å². The van der Waals surface area contributed by atoms with Gasteiger partial charge in [0.1, 0.15) is 0 Å². The van der Waals surface area contributed by atoms with Crippen molar-refractivity contribution in [1.29, 1.82) is 0 Å². The predicted molar refractivity (Wildman–Crippen MR) is 82.7 cm³/mol. The number of carbonyl (C=O) groups is 2. The van der Waals surface area contributed by atoms with Crippen molar-refractivity contribution >= 4 is 11.9 Å². The average Bonchev–Trinajstić information content (AvgIpc) is 2.59. The first-order valence-electron chi connectivity index (χ1n) is 6.95. The first kappa shape index (κ1) is 15.7. The third-order valence-electron chi connectivity index (χ3n) is 3.31. The van der Waals surface area contributed by atoms with E-state index in [9.17, 15) is 9.59 Å². The Morgan fingerprint density at radius 2 is 1.91 bits per heavy atom. The Labute approximate surface area is 129 Å². The largest absolute Gasteiger partial charge is 0.465 e. The number of hydrogen-bond acceptors (Lipinski definition) is 4. The standard InChI is InChI=1S/C17H18N2O3/c1-19(11-9-15-8-3-4-10-18-15)16(20)13-6-5-7-14(12-13)17(21)22-2/h3-8,10,12H,9,11H2,1-2H3. The molecule has 1 aromatic carbocycles. The fourth-order valence-corrected chi connectivity index (χ4v) is 2.05. The molecule has 0 radical (unpaired) electrons. The van der Waals surface area contributed by atoms with E-state index in [4.69, 9.17) is 0 Å². The summed E-state index contributed by atoms with van der Waals surface area (Å²) in [5.41, 5.74) is 1.77. The molecule has 22 heavy (non-hydrogen) atoms. The first-order chi connectivity index (χ1) is 10.6. The molecule has 0 spiro atoms. The van der Waals surface area contributed by atoms with Crippen LogP contribution in [0.5, 0.6) is 0 Å². The van der Waals surface area contributed by atoms with Crippen LogP contribution >= 0.6 is 0 Å². The summed E-state index contributed by atoms with van der Waals surface area (Å²) in [6.07, 6.45) is 2.41. The second kappa shape index (κ2) is 7.36. The molecule has 0 saturated heterocycles. The summed E-state index contributed by atoms with van der Waals surface area (Å²) in [4.78, 5) is 29.7. The van der Waals surface area contributed by atoms with Crippen molar-refractivity contribution in [3.05, 3.63) is 65.5 Å². The number of rotatable bonds is 5. The normalized spacial score (nSPS) is 10.1. The molecule has 0 fully saturated rings. The molecular weight excluding hydrogens is 280 g/mol. The Balaban J connectivity index is 2.02. The molecule has 1 heterocycles. The average molecular weight is 298 g/mol. The summed E-state index contributed by atoms with van der Waals surface area (Å²) in [5, 5.41) is 0. The topological polar surface area (TPSA) is 59.5 Å². The fraction of sp³-hybridized carbons (Fsp3) is 0.235. The van der Waals surface area contributed by atoms with Gasteiger partial charge in [-0.15, -0.1) is 0 Å². The van der Waals surface area contributed by atoms with Crippen LogP contribution in [-0.4, -0.2) is 42.5 Å². The second-order valence-electron chi connectivity index (χ2n) is 4.87. The summed E-state index contributed by atoms with van der Waals surface area (Å²) < 4.78 is 4.66. The van der Waals surface area contributed by atoms with Crippen LogP contribution in [-0.2, 0) is 11.2 Å². The Hall–Kier alpha value is -2.69. The van der Waals surface area contributed by atoms with Gasteiger partial charge in [0.2, 0.25) is 0 Å². The highest BCUT2D eigenvalue weighted by atomic mass is 16.5. The van der Waals surface area contributed by atoms with E-state index in [0.717, 1.165) is 5.69 Å². The molecule has 1 aromatic heterocycles. The highest BCUT2D eigenvalue weighted by molar-refractivity contribution is 5.97. The minimum Gasteiger partial charge on any atom is -0.465 e. The Bertz CT molecular complexity index is 656. The third-order valence-corrected chi connectivity index (χ3v) is 3.31. The molecule has 0 saturated carbocycles. The number of carbonyl (C=O) groups excluding carboxylic acids is 2. The minimum atomic E-state index is -0.453. The minimum absolute atomic E-state index is 0.137. The van der Waals surface area contributed by atoms with Gasteiger partial charge in [-0.25, -0.2) is 4.79 Å².